The molecular weight excluding hydrogens is 266 g/mol. The van der Waals surface area contributed by atoms with Crippen LogP contribution >= 0.6 is 11.6 Å². The Hall–Kier alpha value is -1.88. The molecule has 0 aliphatic heterocycles. The second-order valence-electron chi connectivity index (χ2n) is 4.36. The Labute approximate surface area is 116 Å². The molecule has 1 amide bonds. The highest BCUT2D eigenvalue weighted by Crippen LogP contribution is 2.17. The van der Waals surface area contributed by atoms with E-state index in [1.165, 1.54) is 6.39 Å². The third-order valence-electron chi connectivity index (χ3n) is 2.80. The number of aryl methyl sites for hydroxylation is 1. The van der Waals surface area contributed by atoms with E-state index < -0.39 is 0 Å². The van der Waals surface area contributed by atoms with Crippen molar-refractivity contribution in [3.63, 3.8) is 0 Å². The van der Waals surface area contributed by atoms with Gasteiger partial charge in [0.2, 0.25) is 12.3 Å². The summed E-state index contributed by atoms with van der Waals surface area (Å²) in [4.78, 5) is 17.5. The molecule has 0 atom stereocenters. The number of benzene rings is 1. The van der Waals surface area contributed by atoms with Gasteiger partial charge in [0.1, 0.15) is 0 Å². The number of hydrogen-bond acceptors (Lipinski definition) is 4. The van der Waals surface area contributed by atoms with Crippen LogP contribution in [0.15, 0.2) is 29.1 Å². The monoisotopic (exact) mass is 279 g/mol. The minimum Gasteiger partial charge on any atom is -0.343 e. The zero-order valence-corrected chi connectivity index (χ0v) is 11.5. The van der Waals surface area contributed by atoms with Gasteiger partial charge in [-0.1, -0.05) is 28.9 Å². The predicted molar refractivity (Wildman–Crippen MR) is 70.7 cm³/mol. The third kappa shape index (κ3) is 3.54. The molecule has 1 aromatic heterocycles. The van der Waals surface area contributed by atoms with Crippen molar-refractivity contribution in [3.05, 3.63) is 46.6 Å². The maximum atomic E-state index is 12.0. The van der Waals surface area contributed by atoms with Crippen molar-refractivity contribution in [1.29, 1.82) is 0 Å². The molecule has 6 heteroatoms. The summed E-state index contributed by atoms with van der Waals surface area (Å²) < 4.78 is 4.63. The quantitative estimate of drug-likeness (QED) is 0.861. The summed E-state index contributed by atoms with van der Waals surface area (Å²) in [7, 11) is 1.70. The normalized spacial score (nSPS) is 10.5. The summed E-state index contributed by atoms with van der Waals surface area (Å²) in [6, 6.07) is 5.63. The van der Waals surface area contributed by atoms with Gasteiger partial charge in [-0.15, -0.1) is 0 Å². The number of carbonyl (C=O) groups is 1. The van der Waals surface area contributed by atoms with E-state index in [9.17, 15) is 4.79 Å². The van der Waals surface area contributed by atoms with Crippen LogP contribution in [0.1, 0.15) is 17.0 Å². The molecule has 19 heavy (non-hydrogen) atoms. The minimum atomic E-state index is -0.0234. The van der Waals surface area contributed by atoms with Crippen molar-refractivity contribution in [3.8, 4) is 0 Å². The smallest absolute Gasteiger partial charge is 0.227 e. The molecule has 1 heterocycles. The number of hydrogen-bond donors (Lipinski definition) is 0. The molecule has 100 valence electrons. The largest absolute Gasteiger partial charge is 0.343 e. The van der Waals surface area contributed by atoms with E-state index in [4.69, 9.17) is 11.6 Å². The molecule has 2 rings (SSSR count). The molecule has 0 N–H and O–H groups in total. The van der Waals surface area contributed by atoms with E-state index >= 15 is 0 Å². The third-order valence-corrected chi connectivity index (χ3v) is 3.21. The molecule has 0 fully saturated rings. The molecule has 1 aromatic carbocycles. The average Bonchev–Trinajstić information content (AvgIpc) is 2.86. The van der Waals surface area contributed by atoms with Gasteiger partial charge in [-0.2, -0.15) is 4.98 Å². The Morgan fingerprint density at radius 3 is 2.89 bits per heavy atom. The predicted octanol–water partition coefficient (Wildman–Crippen LogP) is 2.23. The highest BCUT2D eigenvalue weighted by atomic mass is 35.5. The summed E-state index contributed by atoms with van der Waals surface area (Å²) in [6.07, 6.45) is 1.54. The van der Waals surface area contributed by atoms with Crippen LogP contribution in [0.2, 0.25) is 5.02 Å². The van der Waals surface area contributed by atoms with Crippen molar-refractivity contribution in [2.24, 2.45) is 0 Å². The van der Waals surface area contributed by atoms with Crippen LogP contribution in [0.3, 0.4) is 0 Å². The average molecular weight is 280 g/mol. The summed E-state index contributed by atoms with van der Waals surface area (Å²) >= 11 is 6.03. The zero-order chi connectivity index (χ0) is 13.8. The van der Waals surface area contributed by atoms with Crippen molar-refractivity contribution in [2.75, 3.05) is 7.05 Å². The van der Waals surface area contributed by atoms with Crippen LogP contribution in [0.4, 0.5) is 0 Å². The minimum absolute atomic E-state index is 0.0234. The molecule has 0 unspecified atom stereocenters. The molecule has 0 bridgehead atoms. The number of amides is 1. The lowest BCUT2D eigenvalue weighted by Gasteiger charge is -2.15. The van der Waals surface area contributed by atoms with E-state index in [2.05, 4.69) is 14.7 Å². The van der Waals surface area contributed by atoms with E-state index in [0.717, 1.165) is 11.1 Å². The first kappa shape index (κ1) is 13.5. The lowest BCUT2D eigenvalue weighted by atomic mass is 10.1. The van der Waals surface area contributed by atoms with Crippen LogP contribution in [-0.2, 0) is 17.8 Å². The fourth-order valence-electron chi connectivity index (χ4n) is 1.62. The molecule has 0 aliphatic rings. The Morgan fingerprint density at radius 2 is 2.26 bits per heavy atom. The van der Waals surface area contributed by atoms with Crippen LogP contribution in [0, 0.1) is 6.92 Å². The molecular formula is C13H14ClN3O2. The Morgan fingerprint density at radius 1 is 1.47 bits per heavy atom. The van der Waals surface area contributed by atoms with Gasteiger partial charge in [0.25, 0.3) is 0 Å². The van der Waals surface area contributed by atoms with Gasteiger partial charge < -0.3 is 9.42 Å². The molecule has 2 aromatic rings. The van der Waals surface area contributed by atoms with Crippen LogP contribution in [-0.4, -0.2) is 28.0 Å². The summed E-state index contributed by atoms with van der Waals surface area (Å²) in [6.45, 7) is 2.26. The van der Waals surface area contributed by atoms with Crippen LogP contribution < -0.4 is 0 Å². The molecule has 5 nitrogen and oxygen atoms in total. The van der Waals surface area contributed by atoms with Gasteiger partial charge >= 0.3 is 0 Å². The first-order chi connectivity index (χ1) is 9.06. The Balaban J connectivity index is 1.98. The standard InChI is InChI=1S/C13H14ClN3O2/c1-9-3-4-10(5-11(9)14)6-13(18)17(2)7-12-15-8-19-16-12/h3-5,8H,6-7H2,1-2H3. The van der Waals surface area contributed by atoms with Gasteiger partial charge in [-0.05, 0) is 24.1 Å². The topological polar surface area (TPSA) is 59.2 Å². The van der Waals surface area contributed by atoms with Crippen molar-refractivity contribution < 1.29 is 9.32 Å². The Kier molecular flexibility index (Phi) is 4.16. The molecule has 0 saturated carbocycles. The van der Waals surface area contributed by atoms with Gasteiger partial charge in [-0.25, -0.2) is 0 Å². The van der Waals surface area contributed by atoms with E-state index in [1.54, 1.807) is 11.9 Å². The summed E-state index contributed by atoms with van der Waals surface area (Å²) in [5.74, 6) is 0.461. The summed E-state index contributed by atoms with van der Waals surface area (Å²) in [5, 5.41) is 4.34. The lowest BCUT2D eigenvalue weighted by molar-refractivity contribution is -0.129. The SMILES string of the molecule is Cc1ccc(CC(=O)N(C)Cc2ncon2)cc1Cl. The molecule has 0 radical (unpaired) electrons. The van der Waals surface area contributed by atoms with E-state index in [1.807, 2.05) is 25.1 Å². The van der Waals surface area contributed by atoms with E-state index in [0.29, 0.717) is 23.8 Å². The fraction of sp³-hybridized carbons (Fsp3) is 0.308. The number of nitrogens with zero attached hydrogens (tertiary/aromatic N) is 3. The van der Waals surface area contributed by atoms with Gasteiger partial charge in [0, 0.05) is 12.1 Å². The van der Waals surface area contributed by atoms with Gasteiger partial charge in [-0.3, -0.25) is 4.79 Å². The zero-order valence-electron chi connectivity index (χ0n) is 10.8. The second kappa shape index (κ2) is 5.84. The van der Waals surface area contributed by atoms with Gasteiger partial charge in [0.15, 0.2) is 5.82 Å². The number of aromatic nitrogens is 2. The second-order valence-corrected chi connectivity index (χ2v) is 4.76. The molecule has 0 spiro atoms. The lowest BCUT2D eigenvalue weighted by Crippen LogP contribution is -2.28. The highest BCUT2D eigenvalue weighted by Gasteiger charge is 2.12. The van der Waals surface area contributed by atoms with Crippen molar-refractivity contribution >= 4 is 17.5 Å². The van der Waals surface area contributed by atoms with Crippen molar-refractivity contribution in [2.45, 2.75) is 19.9 Å². The number of carbonyl (C=O) groups excluding carboxylic acids is 1. The first-order valence-corrected chi connectivity index (χ1v) is 6.18. The summed E-state index contributed by atoms with van der Waals surface area (Å²) in [5.41, 5.74) is 1.89. The number of likely N-dealkylation sites (N-methyl/N-ethyl adjacent to an activating group) is 1. The Bertz CT molecular complexity index is 569. The first-order valence-electron chi connectivity index (χ1n) is 5.80. The molecule has 0 saturated heterocycles. The highest BCUT2D eigenvalue weighted by molar-refractivity contribution is 6.31. The molecule has 0 aliphatic carbocycles. The maximum Gasteiger partial charge on any atom is 0.227 e. The van der Waals surface area contributed by atoms with Crippen molar-refractivity contribution in [1.82, 2.24) is 15.0 Å². The fourth-order valence-corrected chi connectivity index (χ4v) is 1.82. The van der Waals surface area contributed by atoms with Crippen LogP contribution in [0.5, 0.6) is 0 Å². The van der Waals surface area contributed by atoms with E-state index in [-0.39, 0.29) is 5.91 Å². The number of rotatable bonds is 4. The van der Waals surface area contributed by atoms with Crippen LogP contribution in [0.25, 0.3) is 0 Å². The number of halogens is 1. The maximum absolute atomic E-state index is 12.0. The van der Waals surface area contributed by atoms with Gasteiger partial charge in [0.05, 0.1) is 13.0 Å².